The van der Waals surface area contributed by atoms with E-state index in [1.54, 1.807) is 29.2 Å². The van der Waals surface area contributed by atoms with Crippen molar-refractivity contribution in [3.63, 3.8) is 0 Å². The molecule has 6 rings (SSSR count). The molecule has 2 saturated heterocycles. The van der Waals surface area contributed by atoms with Crippen LogP contribution in [0, 0.1) is 11.8 Å². The number of benzene rings is 2. The van der Waals surface area contributed by atoms with Gasteiger partial charge in [-0.05, 0) is 62.1 Å². The summed E-state index contributed by atoms with van der Waals surface area (Å²) in [6.45, 7) is 4.16. The van der Waals surface area contributed by atoms with Gasteiger partial charge < -0.3 is 19.8 Å². The predicted molar refractivity (Wildman–Crippen MR) is 171 cm³/mol. The van der Waals surface area contributed by atoms with Crippen molar-refractivity contribution < 1.29 is 23.1 Å². The summed E-state index contributed by atoms with van der Waals surface area (Å²) in [5.41, 5.74) is 0.633. The Bertz CT molecular complexity index is 1490. The number of aliphatic hydroxyl groups is 1. The van der Waals surface area contributed by atoms with E-state index in [1.807, 2.05) is 52.4 Å². The number of piperidine rings is 1. The highest BCUT2D eigenvalue weighted by molar-refractivity contribution is 7.89. The zero-order valence-electron chi connectivity index (χ0n) is 26.1. The van der Waals surface area contributed by atoms with E-state index in [0.717, 1.165) is 62.7 Å². The van der Waals surface area contributed by atoms with Crippen LogP contribution in [0.5, 0.6) is 0 Å². The lowest BCUT2D eigenvalue weighted by Crippen LogP contribution is -2.53. The molecule has 45 heavy (non-hydrogen) atoms. The summed E-state index contributed by atoms with van der Waals surface area (Å²) in [5, 5.41) is 12.1. The van der Waals surface area contributed by atoms with E-state index in [2.05, 4.69) is 9.62 Å². The minimum Gasteiger partial charge on any atom is -0.383 e. The lowest BCUT2D eigenvalue weighted by Gasteiger charge is -2.42. The third-order valence-electron chi connectivity index (χ3n) is 10.2. The van der Waals surface area contributed by atoms with Gasteiger partial charge >= 0.3 is 6.03 Å². The number of urea groups is 1. The molecule has 3 heterocycles. The number of likely N-dealkylation sites (tertiary alicyclic amines) is 2. The maximum absolute atomic E-state index is 13.5. The molecule has 2 aromatic carbocycles. The van der Waals surface area contributed by atoms with Gasteiger partial charge in [0.2, 0.25) is 15.9 Å². The molecular formula is C34H45N5O5S. The fraction of sp³-hybridized carbons (Fsp3) is 0.529. The fourth-order valence-corrected chi connectivity index (χ4v) is 8.33. The van der Waals surface area contributed by atoms with Crippen LogP contribution in [0.2, 0.25) is 0 Å². The Morgan fingerprint density at radius 1 is 1.00 bits per heavy atom. The second-order valence-electron chi connectivity index (χ2n) is 13.0. The van der Waals surface area contributed by atoms with Gasteiger partial charge in [-0.3, -0.25) is 9.69 Å². The summed E-state index contributed by atoms with van der Waals surface area (Å²) in [7, 11) is -2.13. The van der Waals surface area contributed by atoms with Gasteiger partial charge in [-0.2, -0.15) is 0 Å². The third-order valence-corrected chi connectivity index (χ3v) is 11.7. The van der Waals surface area contributed by atoms with Crippen LogP contribution in [0.15, 0.2) is 71.8 Å². The first kappa shape index (κ1) is 31.7. The number of carbonyl (C=O) groups is 2. The van der Waals surface area contributed by atoms with Gasteiger partial charge in [-0.25, -0.2) is 17.9 Å². The zero-order valence-corrected chi connectivity index (χ0v) is 26.9. The van der Waals surface area contributed by atoms with Gasteiger partial charge in [0.25, 0.3) is 0 Å². The molecule has 3 amide bonds. The smallest absolute Gasteiger partial charge is 0.324 e. The number of β-amino-alcohol motifs (C(OH)–C–C–N with tert-alkyl or cyclic N) is 1. The molecule has 2 aromatic rings. The molecular weight excluding hydrogens is 590 g/mol. The van der Waals surface area contributed by atoms with E-state index in [-0.39, 0.29) is 34.7 Å². The van der Waals surface area contributed by atoms with Crippen molar-refractivity contribution in [1.82, 2.24) is 24.3 Å². The number of amides is 3. The van der Waals surface area contributed by atoms with Gasteiger partial charge in [0, 0.05) is 56.8 Å². The number of nitrogens with zero attached hydrogens (tertiary/aromatic N) is 4. The molecule has 0 bridgehead atoms. The first-order chi connectivity index (χ1) is 21.7. The molecule has 3 fully saturated rings. The molecule has 10 nitrogen and oxygen atoms in total. The van der Waals surface area contributed by atoms with Crippen molar-refractivity contribution in [2.75, 3.05) is 46.3 Å². The van der Waals surface area contributed by atoms with Crippen LogP contribution in [-0.4, -0.2) is 97.4 Å². The summed E-state index contributed by atoms with van der Waals surface area (Å²) < 4.78 is 26.4. The maximum Gasteiger partial charge on any atom is 0.324 e. The largest absolute Gasteiger partial charge is 0.383 e. The van der Waals surface area contributed by atoms with Crippen molar-refractivity contribution in [2.45, 2.75) is 61.6 Å². The van der Waals surface area contributed by atoms with Crippen molar-refractivity contribution >= 4 is 22.0 Å². The monoisotopic (exact) mass is 635 g/mol. The topological polar surface area (TPSA) is 114 Å². The average Bonchev–Trinajstić information content (AvgIpc) is 3.72. The summed E-state index contributed by atoms with van der Waals surface area (Å²) in [6, 6.07) is 16.5. The quantitative estimate of drug-likeness (QED) is 0.437. The van der Waals surface area contributed by atoms with Gasteiger partial charge in [-0.15, -0.1) is 0 Å². The number of carbonyl (C=O) groups excluding carboxylic acids is 2. The molecule has 1 saturated carbocycles. The summed E-state index contributed by atoms with van der Waals surface area (Å²) >= 11 is 0. The predicted octanol–water partition coefficient (Wildman–Crippen LogP) is 3.35. The summed E-state index contributed by atoms with van der Waals surface area (Å²) in [6.07, 6.45) is 9.61. The highest BCUT2D eigenvalue weighted by Crippen LogP contribution is 2.40. The highest BCUT2D eigenvalue weighted by Gasteiger charge is 2.49. The minimum absolute atomic E-state index is 0.0433. The van der Waals surface area contributed by atoms with Gasteiger partial charge in [0.15, 0.2) is 0 Å². The minimum atomic E-state index is -3.51. The van der Waals surface area contributed by atoms with E-state index in [9.17, 15) is 23.1 Å². The molecule has 1 aliphatic carbocycles. The van der Waals surface area contributed by atoms with Crippen LogP contribution >= 0.6 is 0 Å². The van der Waals surface area contributed by atoms with E-state index >= 15 is 0 Å². The molecule has 3 aliphatic heterocycles. The summed E-state index contributed by atoms with van der Waals surface area (Å²) in [5.74, 6) is 0.193. The average molecular weight is 636 g/mol. The van der Waals surface area contributed by atoms with Crippen LogP contribution < -0.4 is 4.72 Å². The van der Waals surface area contributed by atoms with Crippen LogP contribution in [0.3, 0.4) is 0 Å². The molecule has 11 heteroatoms. The molecule has 0 aromatic heterocycles. The zero-order chi connectivity index (χ0) is 31.6. The standard InChI is InChI=1S/C34H45N5O5S/c1-35-45(43,44)31-14-12-26(13-15-31)22-37-18-7-19-39(33(37)41)30-16-20-36(21-17-30)23-29-24-38(32(40)27-8-5-6-9-27)25-34(29,42)28-10-3-2-4-11-28/h2-4,7,10-15,18,27,29-30,35,42H,5-6,8-9,16-17,19-25H2,1H3/t29-,34-/m0/s1. The van der Waals surface area contributed by atoms with E-state index in [1.165, 1.54) is 7.05 Å². The summed E-state index contributed by atoms with van der Waals surface area (Å²) in [4.78, 5) is 35.0. The van der Waals surface area contributed by atoms with Crippen molar-refractivity contribution in [1.29, 1.82) is 0 Å². The van der Waals surface area contributed by atoms with E-state index in [0.29, 0.717) is 32.7 Å². The van der Waals surface area contributed by atoms with Crippen LogP contribution in [0.4, 0.5) is 4.79 Å². The van der Waals surface area contributed by atoms with E-state index in [4.69, 9.17) is 0 Å². The Kier molecular flexibility index (Phi) is 9.33. The van der Waals surface area contributed by atoms with E-state index < -0.39 is 15.6 Å². The van der Waals surface area contributed by atoms with Gasteiger partial charge in [-0.1, -0.05) is 55.3 Å². The number of rotatable bonds is 9. The first-order valence-corrected chi connectivity index (χ1v) is 17.7. The van der Waals surface area contributed by atoms with Gasteiger partial charge in [0.05, 0.1) is 18.0 Å². The van der Waals surface area contributed by atoms with Crippen molar-refractivity contribution in [3.8, 4) is 0 Å². The SMILES string of the molecule is CNS(=O)(=O)c1ccc(CN2C=CCN(C3CCN(C[C@H]4CN(C(=O)C5CCCC5)C[C@]4(O)c4ccccc4)CC3)C2=O)cc1. The lowest BCUT2D eigenvalue weighted by molar-refractivity contribution is -0.135. The Hall–Kier alpha value is -3.25. The second-order valence-corrected chi connectivity index (χ2v) is 14.9. The molecule has 2 N–H and O–H groups in total. The van der Waals surface area contributed by atoms with Crippen LogP contribution in [0.25, 0.3) is 0 Å². The maximum atomic E-state index is 13.5. The fourth-order valence-electron chi connectivity index (χ4n) is 7.60. The van der Waals surface area contributed by atoms with Crippen LogP contribution in [-0.2, 0) is 27.0 Å². The first-order valence-electron chi connectivity index (χ1n) is 16.2. The normalized spacial score (nSPS) is 25.4. The Morgan fingerprint density at radius 2 is 1.69 bits per heavy atom. The van der Waals surface area contributed by atoms with Crippen molar-refractivity contribution in [2.24, 2.45) is 11.8 Å². The second kappa shape index (κ2) is 13.2. The number of nitrogens with one attached hydrogen (secondary N) is 1. The molecule has 0 unspecified atom stereocenters. The molecule has 0 radical (unpaired) electrons. The van der Waals surface area contributed by atoms with Crippen LogP contribution in [0.1, 0.15) is 49.7 Å². The Morgan fingerprint density at radius 3 is 2.36 bits per heavy atom. The highest BCUT2D eigenvalue weighted by atomic mass is 32.2. The molecule has 0 spiro atoms. The number of hydrogen-bond acceptors (Lipinski definition) is 6. The molecule has 4 aliphatic rings. The lowest BCUT2D eigenvalue weighted by atomic mass is 9.83. The number of hydrogen-bond donors (Lipinski definition) is 2. The number of sulfonamides is 1. The van der Waals surface area contributed by atoms with Gasteiger partial charge in [0.1, 0.15) is 5.60 Å². The van der Waals surface area contributed by atoms with Crippen molar-refractivity contribution in [3.05, 3.63) is 78.0 Å². The third kappa shape index (κ3) is 6.67. The Labute approximate surface area is 266 Å². The molecule has 242 valence electrons. The Balaban J connectivity index is 1.07. The molecule has 2 atom stereocenters.